The minimum atomic E-state index is 0.0177. The van der Waals surface area contributed by atoms with Gasteiger partial charge in [-0.3, -0.25) is 4.79 Å². The van der Waals surface area contributed by atoms with Gasteiger partial charge in [0.05, 0.1) is 13.0 Å². The van der Waals surface area contributed by atoms with E-state index in [1.165, 1.54) is 109 Å². The highest BCUT2D eigenvalue weighted by atomic mass is 16.5. The molecule has 0 saturated heterocycles. The third kappa shape index (κ3) is 21.1. The van der Waals surface area contributed by atoms with Crippen LogP contribution in [0.5, 0.6) is 0 Å². The Hall–Kier alpha value is -0.530. The average molecular weight is 439 g/mol. The summed E-state index contributed by atoms with van der Waals surface area (Å²) in [6.07, 6.45) is 26.5. The fraction of sp³-hybridized carbons (Fsp3) is 0.966. The molecular formula is C29H58O2. The number of unbranched alkanes of at least 4 members (excludes halogenated alkanes) is 13. The van der Waals surface area contributed by atoms with Crippen LogP contribution in [0.25, 0.3) is 0 Å². The van der Waals surface area contributed by atoms with Crippen molar-refractivity contribution in [1.29, 1.82) is 0 Å². The van der Waals surface area contributed by atoms with Crippen molar-refractivity contribution < 1.29 is 9.53 Å². The number of carbonyl (C=O) groups is 1. The van der Waals surface area contributed by atoms with E-state index in [1.54, 1.807) is 7.11 Å². The Morgan fingerprint density at radius 1 is 0.581 bits per heavy atom. The molecule has 0 aromatic heterocycles. The van der Waals surface area contributed by atoms with Crippen molar-refractivity contribution in [2.24, 2.45) is 17.8 Å². The van der Waals surface area contributed by atoms with E-state index in [0.29, 0.717) is 0 Å². The Bertz CT molecular complexity index is 377. The van der Waals surface area contributed by atoms with E-state index < -0.39 is 0 Å². The van der Waals surface area contributed by atoms with Crippen LogP contribution in [0.1, 0.15) is 156 Å². The second-order valence-electron chi connectivity index (χ2n) is 10.6. The summed E-state index contributed by atoms with van der Waals surface area (Å²) in [7, 11) is 1.55. The number of rotatable bonds is 23. The first-order valence-electron chi connectivity index (χ1n) is 14.1. The van der Waals surface area contributed by atoms with Crippen LogP contribution in [-0.4, -0.2) is 13.1 Å². The van der Waals surface area contributed by atoms with E-state index in [0.717, 1.165) is 31.1 Å². The van der Waals surface area contributed by atoms with Crippen LogP contribution in [0.4, 0.5) is 0 Å². The van der Waals surface area contributed by atoms with Crippen LogP contribution in [0, 0.1) is 17.8 Å². The van der Waals surface area contributed by atoms with Crippen LogP contribution in [-0.2, 0) is 9.53 Å². The van der Waals surface area contributed by atoms with Gasteiger partial charge in [0, 0.05) is 0 Å². The van der Waals surface area contributed by atoms with Gasteiger partial charge in [-0.1, -0.05) is 137 Å². The smallest absolute Gasteiger partial charge is 0.308 e. The molecule has 0 amide bonds. The molecule has 0 aromatic rings. The topological polar surface area (TPSA) is 26.3 Å². The molecule has 31 heavy (non-hydrogen) atoms. The van der Waals surface area contributed by atoms with Crippen LogP contribution in [0.3, 0.4) is 0 Å². The maximum Gasteiger partial charge on any atom is 0.308 e. The number of ether oxygens (including phenoxy) is 1. The SMILES string of the molecule is CCCCCCCCCCCCCCCCC(CCC(C)CCCC(C)C)C(=O)OC. The number of carbonyl (C=O) groups excluding carboxylic acids is 1. The predicted octanol–water partition coefficient (Wildman–Crippen LogP) is 9.89. The van der Waals surface area contributed by atoms with Crippen molar-refractivity contribution in [3.8, 4) is 0 Å². The van der Waals surface area contributed by atoms with Crippen LogP contribution < -0.4 is 0 Å². The lowest BCUT2D eigenvalue weighted by Gasteiger charge is -2.18. The molecule has 0 radical (unpaired) electrons. The third-order valence-electron chi connectivity index (χ3n) is 6.93. The van der Waals surface area contributed by atoms with Crippen molar-refractivity contribution in [3.63, 3.8) is 0 Å². The molecule has 2 atom stereocenters. The van der Waals surface area contributed by atoms with Gasteiger partial charge in [-0.2, -0.15) is 0 Å². The van der Waals surface area contributed by atoms with E-state index in [9.17, 15) is 4.79 Å². The molecule has 0 fully saturated rings. The number of methoxy groups -OCH3 is 1. The van der Waals surface area contributed by atoms with Gasteiger partial charge in [-0.15, -0.1) is 0 Å². The Morgan fingerprint density at radius 3 is 1.52 bits per heavy atom. The van der Waals surface area contributed by atoms with E-state index in [1.807, 2.05) is 0 Å². The minimum Gasteiger partial charge on any atom is -0.469 e. The lowest BCUT2D eigenvalue weighted by Crippen LogP contribution is -2.17. The fourth-order valence-electron chi connectivity index (χ4n) is 4.64. The highest BCUT2D eigenvalue weighted by Gasteiger charge is 2.19. The van der Waals surface area contributed by atoms with Crippen molar-refractivity contribution >= 4 is 5.97 Å². The molecule has 2 heteroatoms. The summed E-state index contributed by atoms with van der Waals surface area (Å²) >= 11 is 0. The highest BCUT2D eigenvalue weighted by Crippen LogP contribution is 2.24. The molecule has 0 bridgehead atoms. The molecule has 0 heterocycles. The third-order valence-corrected chi connectivity index (χ3v) is 6.93. The zero-order valence-electron chi connectivity index (χ0n) is 22.2. The molecule has 0 aliphatic rings. The van der Waals surface area contributed by atoms with Gasteiger partial charge in [-0.25, -0.2) is 0 Å². The molecule has 0 N–H and O–H groups in total. The van der Waals surface area contributed by atoms with Crippen LogP contribution >= 0.6 is 0 Å². The van der Waals surface area contributed by atoms with Gasteiger partial charge in [-0.05, 0) is 31.1 Å². The molecule has 0 rings (SSSR count). The Morgan fingerprint density at radius 2 is 1.06 bits per heavy atom. The number of hydrogen-bond acceptors (Lipinski definition) is 2. The second-order valence-corrected chi connectivity index (χ2v) is 10.6. The summed E-state index contributed by atoms with van der Waals surface area (Å²) < 4.78 is 5.09. The van der Waals surface area contributed by atoms with Gasteiger partial charge < -0.3 is 4.74 Å². The van der Waals surface area contributed by atoms with Crippen molar-refractivity contribution in [2.75, 3.05) is 7.11 Å². The van der Waals surface area contributed by atoms with Gasteiger partial charge in [0.2, 0.25) is 0 Å². The normalized spacial score (nSPS) is 13.5. The summed E-state index contributed by atoms with van der Waals surface area (Å²) in [5.74, 6) is 1.66. The molecule has 2 nitrogen and oxygen atoms in total. The zero-order chi connectivity index (χ0) is 23.2. The Labute approximate surface area is 196 Å². The molecule has 0 aromatic carbocycles. The first kappa shape index (κ1) is 30.5. The predicted molar refractivity (Wildman–Crippen MR) is 138 cm³/mol. The van der Waals surface area contributed by atoms with E-state index >= 15 is 0 Å². The standard InChI is InChI=1S/C29H58O2/c1-6-7-8-9-10-11-12-13-14-15-16-17-18-19-23-28(29(30)31-5)25-24-27(4)22-20-21-26(2)3/h26-28H,6-25H2,1-5H3. The quantitative estimate of drug-likeness (QED) is 0.117. The van der Waals surface area contributed by atoms with E-state index in [-0.39, 0.29) is 11.9 Å². The van der Waals surface area contributed by atoms with E-state index in [2.05, 4.69) is 27.7 Å². The van der Waals surface area contributed by atoms with Gasteiger partial charge in [0.25, 0.3) is 0 Å². The molecule has 0 aliphatic heterocycles. The van der Waals surface area contributed by atoms with Crippen molar-refractivity contribution in [2.45, 2.75) is 156 Å². The summed E-state index contributed by atoms with van der Waals surface area (Å²) in [6, 6.07) is 0. The molecule has 0 spiro atoms. The largest absolute Gasteiger partial charge is 0.469 e. The molecule has 186 valence electrons. The first-order chi connectivity index (χ1) is 15.0. The molecular weight excluding hydrogens is 380 g/mol. The monoisotopic (exact) mass is 438 g/mol. The van der Waals surface area contributed by atoms with Crippen LogP contribution in [0.15, 0.2) is 0 Å². The zero-order valence-corrected chi connectivity index (χ0v) is 22.2. The second kappa shape index (κ2) is 22.7. The lowest BCUT2D eigenvalue weighted by molar-refractivity contribution is -0.146. The van der Waals surface area contributed by atoms with Gasteiger partial charge in [0.15, 0.2) is 0 Å². The molecule has 2 unspecified atom stereocenters. The Balaban J connectivity index is 3.66. The summed E-state index contributed by atoms with van der Waals surface area (Å²) in [6.45, 7) is 9.23. The van der Waals surface area contributed by atoms with Crippen LogP contribution in [0.2, 0.25) is 0 Å². The summed E-state index contributed by atoms with van der Waals surface area (Å²) in [5, 5.41) is 0. The van der Waals surface area contributed by atoms with Crippen molar-refractivity contribution in [1.82, 2.24) is 0 Å². The highest BCUT2D eigenvalue weighted by molar-refractivity contribution is 5.72. The Kier molecular flexibility index (Phi) is 22.3. The number of esters is 1. The molecule has 0 aliphatic carbocycles. The van der Waals surface area contributed by atoms with Gasteiger partial charge >= 0.3 is 5.97 Å². The summed E-state index contributed by atoms with van der Waals surface area (Å²) in [4.78, 5) is 12.2. The summed E-state index contributed by atoms with van der Waals surface area (Å²) in [5.41, 5.74) is 0. The molecule has 0 saturated carbocycles. The fourth-order valence-corrected chi connectivity index (χ4v) is 4.64. The number of hydrogen-bond donors (Lipinski definition) is 0. The lowest BCUT2D eigenvalue weighted by atomic mass is 9.89. The van der Waals surface area contributed by atoms with Crippen molar-refractivity contribution in [3.05, 3.63) is 0 Å². The average Bonchev–Trinajstić information content (AvgIpc) is 2.75. The minimum absolute atomic E-state index is 0.0177. The van der Waals surface area contributed by atoms with E-state index in [4.69, 9.17) is 4.74 Å². The maximum atomic E-state index is 12.2. The van der Waals surface area contributed by atoms with Gasteiger partial charge in [0.1, 0.15) is 0 Å². The maximum absolute atomic E-state index is 12.2. The first-order valence-corrected chi connectivity index (χ1v) is 14.1.